The minimum absolute atomic E-state index is 0.000294. The summed E-state index contributed by atoms with van der Waals surface area (Å²) >= 11 is 0. The summed E-state index contributed by atoms with van der Waals surface area (Å²) in [7, 11) is 1.25. The van der Waals surface area contributed by atoms with Crippen LogP contribution in [0.3, 0.4) is 0 Å². The Morgan fingerprint density at radius 3 is 2.56 bits per heavy atom. The fourth-order valence-electron chi connectivity index (χ4n) is 1.30. The Labute approximate surface area is 105 Å². The predicted molar refractivity (Wildman–Crippen MR) is 63.5 cm³/mol. The lowest BCUT2D eigenvalue weighted by atomic mass is 10.2. The molecule has 1 unspecified atom stereocenters. The minimum atomic E-state index is -1.30. The smallest absolute Gasteiger partial charge is 0.335 e. The van der Waals surface area contributed by atoms with E-state index in [1.807, 2.05) is 30.3 Å². The van der Waals surface area contributed by atoms with Crippen LogP contribution in [0, 0.1) is 0 Å². The molecule has 0 aliphatic carbocycles. The first-order valence-corrected chi connectivity index (χ1v) is 5.59. The highest BCUT2D eigenvalue weighted by Crippen LogP contribution is 2.05. The molecule has 5 nitrogen and oxygen atoms in total. The molecule has 0 heterocycles. The van der Waals surface area contributed by atoms with Crippen LogP contribution in [0.5, 0.6) is 0 Å². The van der Waals surface area contributed by atoms with Crippen LogP contribution in [0.15, 0.2) is 30.3 Å². The summed E-state index contributed by atoms with van der Waals surface area (Å²) in [6.45, 7) is 0.106. The maximum Gasteiger partial charge on any atom is 0.335 e. The molecule has 1 aromatic rings. The lowest BCUT2D eigenvalue weighted by Crippen LogP contribution is -2.24. The van der Waals surface area contributed by atoms with Crippen molar-refractivity contribution in [1.82, 2.24) is 0 Å². The van der Waals surface area contributed by atoms with E-state index in [1.54, 1.807) is 0 Å². The Kier molecular flexibility index (Phi) is 5.87. The summed E-state index contributed by atoms with van der Waals surface area (Å²) in [6.07, 6.45) is -1.31. The van der Waals surface area contributed by atoms with Crippen LogP contribution in [0.1, 0.15) is 18.4 Å². The molecule has 0 saturated carbocycles. The fraction of sp³-hybridized carbons (Fsp3) is 0.385. The molecule has 0 bridgehead atoms. The first kappa shape index (κ1) is 14.2. The third kappa shape index (κ3) is 4.97. The van der Waals surface area contributed by atoms with Crippen molar-refractivity contribution < 1.29 is 24.2 Å². The molecule has 1 rings (SSSR count). The van der Waals surface area contributed by atoms with Crippen LogP contribution in [0.2, 0.25) is 0 Å². The normalized spacial score (nSPS) is 11.7. The largest absolute Gasteiger partial charge is 0.469 e. The second kappa shape index (κ2) is 7.45. The number of rotatable bonds is 6. The highest BCUT2D eigenvalue weighted by atomic mass is 16.5. The molecular weight excluding hydrogens is 236 g/mol. The van der Waals surface area contributed by atoms with E-state index in [4.69, 9.17) is 4.74 Å². The molecule has 0 aliphatic heterocycles. The van der Waals surface area contributed by atoms with Gasteiger partial charge in [0.05, 0.1) is 7.11 Å². The van der Waals surface area contributed by atoms with Crippen LogP contribution in [0.4, 0.5) is 0 Å². The van der Waals surface area contributed by atoms with Crippen LogP contribution in [-0.2, 0) is 25.7 Å². The minimum Gasteiger partial charge on any atom is -0.469 e. The highest BCUT2D eigenvalue weighted by Gasteiger charge is 2.18. The number of ether oxygens (including phenoxy) is 2. The maximum absolute atomic E-state index is 11.4. The number of aliphatic hydroxyl groups excluding tert-OH is 1. The van der Waals surface area contributed by atoms with E-state index in [0.29, 0.717) is 0 Å². The maximum atomic E-state index is 11.4. The second-order valence-electron chi connectivity index (χ2n) is 3.72. The Morgan fingerprint density at radius 1 is 1.28 bits per heavy atom. The number of methoxy groups -OCH3 is 1. The molecule has 18 heavy (non-hydrogen) atoms. The standard InChI is InChI=1S/C13H16O5/c1-17-12(15)8-7-11(14)13(16)18-9-10-5-3-2-4-6-10/h2-6,11,14H,7-9H2,1H3. The van der Waals surface area contributed by atoms with Gasteiger partial charge < -0.3 is 14.6 Å². The summed E-state index contributed by atoms with van der Waals surface area (Å²) in [4.78, 5) is 22.2. The summed E-state index contributed by atoms with van der Waals surface area (Å²) in [5.41, 5.74) is 0.839. The highest BCUT2D eigenvalue weighted by molar-refractivity contribution is 5.76. The van der Waals surface area contributed by atoms with Crippen LogP contribution >= 0.6 is 0 Å². The zero-order chi connectivity index (χ0) is 13.4. The quantitative estimate of drug-likeness (QED) is 0.766. The molecule has 0 aromatic heterocycles. The Morgan fingerprint density at radius 2 is 1.94 bits per heavy atom. The van der Waals surface area contributed by atoms with Gasteiger partial charge in [0, 0.05) is 6.42 Å². The molecule has 1 aromatic carbocycles. The van der Waals surface area contributed by atoms with Crippen molar-refractivity contribution in [2.45, 2.75) is 25.6 Å². The van der Waals surface area contributed by atoms with Gasteiger partial charge in [-0.3, -0.25) is 4.79 Å². The second-order valence-corrected chi connectivity index (χ2v) is 3.72. The number of carbonyl (C=O) groups is 2. The van der Waals surface area contributed by atoms with Crippen molar-refractivity contribution >= 4 is 11.9 Å². The van der Waals surface area contributed by atoms with Gasteiger partial charge in [-0.1, -0.05) is 30.3 Å². The summed E-state index contributed by atoms with van der Waals surface area (Å²) < 4.78 is 9.32. The van der Waals surface area contributed by atoms with E-state index in [9.17, 15) is 14.7 Å². The van der Waals surface area contributed by atoms with Crippen molar-refractivity contribution in [1.29, 1.82) is 0 Å². The zero-order valence-corrected chi connectivity index (χ0v) is 10.2. The number of esters is 2. The molecule has 0 fully saturated rings. The molecule has 1 atom stereocenters. The van der Waals surface area contributed by atoms with Gasteiger partial charge in [0.1, 0.15) is 6.61 Å². The van der Waals surface area contributed by atoms with E-state index in [0.717, 1.165) is 5.56 Å². The van der Waals surface area contributed by atoms with Crippen LogP contribution in [0.25, 0.3) is 0 Å². The molecule has 0 saturated heterocycles. The van der Waals surface area contributed by atoms with Crippen molar-refractivity contribution in [3.05, 3.63) is 35.9 Å². The summed E-state index contributed by atoms with van der Waals surface area (Å²) in [5.74, 6) is -1.20. The lowest BCUT2D eigenvalue weighted by Gasteiger charge is -2.10. The Hall–Kier alpha value is -1.88. The van der Waals surface area contributed by atoms with Gasteiger partial charge in [-0.2, -0.15) is 0 Å². The first-order valence-electron chi connectivity index (χ1n) is 5.59. The molecular formula is C13H16O5. The van der Waals surface area contributed by atoms with Gasteiger partial charge in [-0.05, 0) is 12.0 Å². The van der Waals surface area contributed by atoms with Gasteiger partial charge >= 0.3 is 11.9 Å². The van der Waals surface area contributed by atoms with Gasteiger partial charge in [0.15, 0.2) is 6.10 Å². The molecule has 5 heteroatoms. The number of hydrogen-bond donors (Lipinski definition) is 1. The van der Waals surface area contributed by atoms with Gasteiger partial charge in [0.2, 0.25) is 0 Å². The summed E-state index contributed by atoms with van der Waals surface area (Å²) in [6, 6.07) is 9.15. The van der Waals surface area contributed by atoms with E-state index in [1.165, 1.54) is 7.11 Å². The lowest BCUT2D eigenvalue weighted by molar-refractivity contribution is -0.156. The molecule has 0 spiro atoms. The number of hydrogen-bond acceptors (Lipinski definition) is 5. The predicted octanol–water partition coefficient (Wildman–Crippen LogP) is 1.04. The SMILES string of the molecule is COC(=O)CCC(O)C(=O)OCc1ccccc1. The van der Waals surface area contributed by atoms with Crippen LogP contribution in [-0.4, -0.2) is 30.3 Å². The van der Waals surface area contributed by atoms with E-state index >= 15 is 0 Å². The Bertz CT molecular complexity index is 388. The third-order valence-electron chi connectivity index (χ3n) is 2.35. The molecule has 1 N–H and O–H groups in total. The third-order valence-corrected chi connectivity index (χ3v) is 2.35. The Balaban J connectivity index is 2.30. The van der Waals surface area contributed by atoms with E-state index in [2.05, 4.69) is 4.74 Å². The molecule has 0 aliphatic rings. The first-order chi connectivity index (χ1) is 8.63. The number of aliphatic hydroxyl groups is 1. The zero-order valence-electron chi connectivity index (χ0n) is 10.2. The average molecular weight is 252 g/mol. The molecule has 98 valence electrons. The topological polar surface area (TPSA) is 72.8 Å². The number of carbonyl (C=O) groups excluding carboxylic acids is 2. The van der Waals surface area contributed by atoms with Gasteiger partial charge in [-0.15, -0.1) is 0 Å². The monoisotopic (exact) mass is 252 g/mol. The van der Waals surface area contributed by atoms with Gasteiger partial charge in [0.25, 0.3) is 0 Å². The fourth-order valence-corrected chi connectivity index (χ4v) is 1.30. The summed E-state index contributed by atoms with van der Waals surface area (Å²) in [5, 5.41) is 9.46. The van der Waals surface area contributed by atoms with Crippen molar-refractivity contribution in [3.63, 3.8) is 0 Å². The van der Waals surface area contributed by atoms with Crippen molar-refractivity contribution in [2.75, 3.05) is 7.11 Å². The molecule has 0 amide bonds. The van der Waals surface area contributed by atoms with E-state index < -0.39 is 18.0 Å². The average Bonchev–Trinajstić information content (AvgIpc) is 2.42. The van der Waals surface area contributed by atoms with E-state index in [-0.39, 0.29) is 19.4 Å². The molecule has 0 radical (unpaired) electrons. The van der Waals surface area contributed by atoms with Crippen LogP contribution < -0.4 is 0 Å². The number of benzene rings is 1. The van der Waals surface area contributed by atoms with Crippen molar-refractivity contribution in [2.24, 2.45) is 0 Å². The van der Waals surface area contributed by atoms with Crippen molar-refractivity contribution in [3.8, 4) is 0 Å². The van der Waals surface area contributed by atoms with Gasteiger partial charge in [-0.25, -0.2) is 4.79 Å².